The molecule has 0 aliphatic rings. The van der Waals surface area contributed by atoms with E-state index in [1.807, 2.05) is 0 Å². The summed E-state index contributed by atoms with van der Waals surface area (Å²) in [4.78, 5) is 18.0. The molecule has 0 aliphatic carbocycles. The largest absolute Gasteiger partial charge is 0.467 e. The zero-order chi connectivity index (χ0) is 10.8. The number of H-pyrrole nitrogens is 1. The predicted octanol–water partition coefficient (Wildman–Crippen LogP) is 0.769. The molecular formula is C10H10N2O3. The molecule has 0 amide bonds. The normalized spacial score (nSPS) is 12.7. The van der Waals surface area contributed by atoms with Gasteiger partial charge >= 0.3 is 5.97 Å². The highest BCUT2D eigenvalue weighted by Gasteiger charge is 2.21. The van der Waals surface area contributed by atoms with Crippen LogP contribution in [0, 0.1) is 0 Å². The summed E-state index contributed by atoms with van der Waals surface area (Å²) in [5.74, 6) is -0.681. The first-order chi connectivity index (χ1) is 7.24. The van der Waals surface area contributed by atoms with Crippen LogP contribution in [0.3, 0.4) is 0 Å². The number of carbonyl (C=O) groups is 1. The van der Waals surface area contributed by atoms with Gasteiger partial charge in [-0.1, -0.05) is 0 Å². The summed E-state index contributed by atoms with van der Waals surface area (Å²) in [6.45, 7) is 0. The van der Waals surface area contributed by atoms with Crippen molar-refractivity contribution in [3.05, 3.63) is 30.2 Å². The fourth-order valence-corrected chi connectivity index (χ4v) is 1.45. The number of hydrogen-bond acceptors (Lipinski definition) is 4. The molecule has 0 aliphatic heterocycles. The molecule has 2 rings (SSSR count). The maximum absolute atomic E-state index is 11.1. The number of carbonyl (C=O) groups excluding carboxylic acids is 1. The molecule has 0 saturated carbocycles. The summed E-state index contributed by atoms with van der Waals surface area (Å²) in [5, 5.41) is 10.4. The number of rotatable bonds is 2. The number of aliphatic hydroxyl groups is 1. The van der Waals surface area contributed by atoms with E-state index in [1.165, 1.54) is 7.11 Å². The van der Waals surface area contributed by atoms with Crippen LogP contribution in [-0.2, 0) is 9.53 Å². The maximum Gasteiger partial charge on any atom is 0.339 e. The molecule has 15 heavy (non-hydrogen) atoms. The molecule has 2 aromatic heterocycles. The highest BCUT2D eigenvalue weighted by atomic mass is 16.5. The number of aromatic nitrogens is 2. The number of ether oxygens (including phenoxy) is 1. The number of nitrogens with zero attached hydrogens (tertiary/aromatic N) is 1. The van der Waals surface area contributed by atoms with Gasteiger partial charge in [-0.3, -0.25) is 4.98 Å². The van der Waals surface area contributed by atoms with E-state index in [4.69, 9.17) is 0 Å². The summed E-state index contributed by atoms with van der Waals surface area (Å²) >= 11 is 0. The highest BCUT2D eigenvalue weighted by Crippen LogP contribution is 2.23. The molecule has 0 fully saturated rings. The molecule has 2 N–H and O–H groups in total. The van der Waals surface area contributed by atoms with Crippen LogP contribution in [-0.4, -0.2) is 28.2 Å². The molecule has 0 radical (unpaired) electrons. The van der Waals surface area contributed by atoms with Crippen LogP contribution < -0.4 is 0 Å². The minimum atomic E-state index is -1.27. The lowest BCUT2D eigenvalue weighted by atomic mass is 10.1. The molecule has 0 aromatic carbocycles. The first-order valence-corrected chi connectivity index (χ1v) is 4.41. The minimum absolute atomic E-state index is 0.477. The number of nitrogens with one attached hydrogen (secondary N) is 1. The average molecular weight is 206 g/mol. The summed E-state index contributed by atoms with van der Waals surface area (Å²) in [6, 6.07) is 1.77. The number of methoxy groups -OCH3 is 1. The van der Waals surface area contributed by atoms with Gasteiger partial charge in [0, 0.05) is 35.1 Å². The van der Waals surface area contributed by atoms with Crippen molar-refractivity contribution in [2.75, 3.05) is 7.11 Å². The van der Waals surface area contributed by atoms with E-state index in [2.05, 4.69) is 14.7 Å². The minimum Gasteiger partial charge on any atom is -0.467 e. The van der Waals surface area contributed by atoms with Crippen molar-refractivity contribution in [2.24, 2.45) is 0 Å². The summed E-state index contributed by atoms with van der Waals surface area (Å²) in [5.41, 5.74) is 1.30. The van der Waals surface area contributed by atoms with Crippen molar-refractivity contribution < 1.29 is 14.6 Å². The van der Waals surface area contributed by atoms with Crippen LogP contribution in [0.2, 0.25) is 0 Å². The summed E-state index contributed by atoms with van der Waals surface area (Å²) in [7, 11) is 1.23. The monoisotopic (exact) mass is 206 g/mol. The number of aliphatic hydroxyl groups excluding tert-OH is 1. The van der Waals surface area contributed by atoms with E-state index >= 15 is 0 Å². The molecule has 0 spiro atoms. The van der Waals surface area contributed by atoms with Crippen LogP contribution in [0.15, 0.2) is 24.7 Å². The van der Waals surface area contributed by atoms with Crippen molar-refractivity contribution in [3.63, 3.8) is 0 Å². The number of hydrogen-bond donors (Lipinski definition) is 2. The predicted molar refractivity (Wildman–Crippen MR) is 53.1 cm³/mol. The topological polar surface area (TPSA) is 75.2 Å². The van der Waals surface area contributed by atoms with E-state index in [0.717, 1.165) is 10.9 Å². The first-order valence-electron chi connectivity index (χ1n) is 4.41. The van der Waals surface area contributed by atoms with Crippen LogP contribution in [0.1, 0.15) is 11.7 Å². The van der Waals surface area contributed by atoms with Gasteiger partial charge in [-0.25, -0.2) is 4.79 Å². The van der Waals surface area contributed by atoms with Gasteiger partial charge in [-0.2, -0.15) is 0 Å². The molecule has 0 bridgehead atoms. The van der Waals surface area contributed by atoms with Gasteiger partial charge in [-0.15, -0.1) is 0 Å². The van der Waals surface area contributed by atoms with Gasteiger partial charge < -0.3 is 14.8 Å². The quantitative estimate of drug-likeness (QED) is 0.711. The van der Waals surface area contributed by atoms with Crippen LogP contribution in [0.5, 0.6) is 0 Å². The van der Waals surface area contributed by atoms with E-state index in [0.29, 0.717) is 5.56 Å². The molecule has 78 valence electrons. The average Bonchev–Trinajstić information content (AvgIpc) is 2.70. The zero-order valence-corrected chi connectivity index (χ0v) is 8.10. The Morgan fingerprint density at radius 1 is 1.67 bits per heavy atom. The third kappa shape index (κ3) is 1.57. The van der Waals surface area contributed by atoms with Gasteiger partial charge in [-0.05, 0) is 6.07 Å². The Balaban J connectivity index is 2.48. The van der Waals surface area contributed by atoms with Crippen molar-refractivity contribution in [1.82, 2.24) is 9.97 Å². The van der Waals surface area contributed by atoms with Gasteiger partial charge in [0.05, 0.1) is 7.11 Å². The maximum atomic E-state index is 11.1. The zero-order valence-electron chi connectivity index (χ0n) is 8.10. The molecule has 2 heterocycles. The van der Waals surface area contributed by atoms with E-state index in [-0.39, 0.29) is 0 Å². The SMILES string of the molecule is COC(=O)C(O)c1c[nH]c2ccncc12. The molecule has 5 heteroatoms. The van der Waals surface area contributed by atoms with Crippen LogP contribution in [0.4, 0.5) is 0 Å². The Bertz CT molecular complexity index is 492. The number of esters is 1. The van der Waals surface area contributed by atoms with Crippen LogP contribution >= 0.6 is 0 Å². The van der Waals surface area contributed by atoms with Gasteiger partial charge in [0.25, 0.3) is 0 Å². The smallest absolute Gasteiger partial charge is 0.339 e. The van der Waals surface area contributed by atoms with Gasteiger partial charge in [0.2, 0.25) is 0 Å². The van der Waals surface area contributed by atoms with E-state index < -0.39 is 12.1 Å². The lowest BCUT2D eigenvalue weighted by molar-refractivity contribution is -0.150. The molecule has 0 saturated heterocycles. The fraction of sp³-hybridized carbons (Fsp3) is 0.200. The third-order valence-electron chi connectivity index (χ3n) is 2.23. The Kier molecular flexibility index (Phi) is 2.39. The van der Waals surface area contributed by atoms with Crippen molar-refractivity contribution >= 4 is 16.9 Å². The first kappa shape index (κ1) is 9.67. The van der Waals surface area contributed by atoms with Gasteiger partial charge in [0.1, 0.15) is 0 Å². The number of fused-ring (bicyclic) bond motifs is 1. The Morgan fingerprint density at radius 2 is 2.47 bits per heavy atom. The molecular weight excluding hydrogens is 196 g/mol. The van der Waals surface area contributed by atoms with E-state index in [1.54, 1.807) is 24.7 Å². The highest BCUT2D eigenvalue weighted by molar-refractivity contribution is 5.88. The Hall–Kier alpha value is -1.88. The number of aromatic amines is 1. The van der Waals surface area contributed by atoms with Crippen molar-refractivity contribution in [3.8, 4) is 0 Å². The fourth-order valence-electron chi connectivity index (χ4n) is 1.45. The van der Waals surface area contributed by atoms with Crippen molar-refractivity contribution in [2.45, 2.75) is 6.10 Å². The molecule has 2 aromatic rings. The Morgan fingerprint density at radius 3 is 3.20 bits per heavy atom. The number of pyridine rings is 1. The third-order valence-corrected chi connectivity index (χ3v) is 2.23. The van der Waals surface area contributed by atoms with Crippen molar-refractivity contribution in [1.29, 1.82) is 0 Å². The summed E-state index contributed by atoms with van der Waals surface area (Å²) < 4.78 is 4.46. The molecule has 1 atom stereocenters. The lowest BCUT2D eigenvalue weighted by Gasteiger charge is -2.06. The summed E-state index contributed by atoms with van der Waals surface area (Å²) in [6.07, 6.45) is 3.53. The molecule has 5 nitrogen and oxygen atoms in total. The second-order valence-electron chi connectivity index (χ2n) is 3.09. The second-order valence-corrected chi connectivity index (χ2v) is 3.09. The Labute approximate surface area is 85.7 Å². The standard InChI is InChI=1S/C10H10N2O3/c1-15-10(14)9(13)7-5-12-8-2-3-11-4-6(7)8/h2-5,9,12-13H,1H3. The van der Waals surface area contributed by atoms with Crippen LogP contribution in [0.25, 0.3) is 10.9 Å². The van der Waals surface area contributed by atoms with Gasteiger partial charge in [0.15, 0.2) is 6.10 Å². The lowest BCUT2D eigenvalue weighted by Crippen LogP contribution is -2.12. The molecule has 1 unspecified atom stereocenters. The second kappa shape index (κ2) is 3.70. The van der Waals surface area contributed by atoms with E-state index in [9.17, 15) is 9.90 Å².